The van der Waals surface area contributed by atoms with E-state index >= 15 is 0 Å². The van der Waals surface area contributed by atoms with Crippen molar-refractivity contribution < 1.29 is 24.5 Å². The lowest BCUT2D eigenvalue weighted by Gasteiger charge is -2.20. The van der Waals surface area contributed by atoms with E-state index in [1.54, 1.807) is 17.7 Å². The summed E-state index contributed by atoms with van der Waals surface area (Å²) < 4.78 is 12.9. The number of aryl methyl sites for hydroxylation is 1. The van der Waals surface area contributed by atoms with Gasteiger partial charge in [0.1, 0.15) is 18.9 Å². The van der Waals surface area contributed by atoms with Crippen molar-refractivity contribution in [1.29, 1.82) is 0 Å². The van der Waals surface area contributed by atoms with E-state index in [1.807, 2.05) is 24.3 Å². The molecule has 3 atom stereocenters. The minimum absolute atomic E-state index is 0.000849. The number of rotatable bonds is 9. The molecule has 0 bridgehead atoms. The van der Waals surface area contributed by atoms with E-state index in [0.29, 0.717) is 31.0 Å². The summed E-state index contributed by atoms with van der Waals surface area (Å²) in [6.45, 7) is 2.40. The fraction of sp³-hybridized carbons (Fsp3) is 0.393. The SMILES string of the molecule is Cc1cn([C@H]2C[C@H](O)[C@@H](CO)O2)c(NCCCNC(=O)OCC2c3ccccc3-c3ccccc32)nc1=O. The largest absolute Gasteiger partial charge is 0.449 e. The molecule has 0 saturated carbocycles. The molecule has 2 heterocycles. The van der Waals surface area contributed by atoms with Crippen LogP contribution in [-0.2, 0) is 9.47 Å². The van der Waals surface area contributed by atoms with Gasteiger partial charge in [-0.25, -0.2) is 4.79 Å². The van der Waals surface area contributed by atoms with Crippen LogP contribution >= 0.6 is 0 Å². The van der Waals surface area contributed by atoms with E-state index in [1.165, 1.54) is 11.1 Å². The van der Waals surface area contributed by atoms with E-state index in [-0.39, 0.29) is 31.1 Å². The van der Waals surface area contributed by atoms with Gasteiger partial charge in [0.15, 0.2) is 0 Å². The molecule has 3 aromatic rings. The molecule has 0 unspecified atom stereocenters. The predicted octanol–water partition coefficient (Wildman–Crippen LogP) is 2.53. The summed E-state index contributed by atoms with van der Waals surface area (Å²) in [7, 11) is 0. The number of nitrogens with one attached hydrogen (secondary N) is 2. The summed E-state index contributed by atoms with van der Waals surface area (Å²) >= 11 is 0. The topological polar surface area (TPSA) is 135 Å². The normalized spacial score (nSPS) is 20.1. The highest BCUT2D eigenvalue weighted by molar-refractivity contribution is 5.79. The molecule has 38 heavy (non-hydrogen) atoms. The number of hydrogen-bond donors (Lipinski definition) is 4. The van der Waals surface area contributed by atoms with Crippen molar-refractivity contribution in [2.24, 2.45) is 0 Å². The zero-order chi connectivity index (χ0) is 26.6. The first kappa shape index (κ1) is 25.9. The van der Waals surface area contributed by atoms with Gasteiger partial charge in [-0.3, -0.25) is 9.36 Å². The van der Waals surface area contributed by atoms with Crippen LogP contribution < -0.4 is 16.2 Å². The van der Waals surface area contributed by atoms with E-state index in [9.17, 15) is 19.8 Å². The molecule has 1 aliphatic carbocycles. The molecule has 10 heteroatoms. The summed E-state index contributed by atoms with van der Waals surface area (Å²) in [5.41, 5.74) is 4.75. The first-order chi connectivity index (χ1) is 18.5. The molecule has 1 aliphatic heterocycles. The van der Waals surface area contributed by atoms with Crippen LogP contribution in [0.15, 0.2) is 59.5 Å². The minimum Gasteiger partial charge on any atom is -0.449 e. The Morgan fingerprint density at radius 3 is 2.47 bits per heavy atom. The van der Waals surface area contributed by atoms with Gasteiger partial charge in [-0.2, -0.15) is 4.98 Å². The van der Waals surface area contributed by atoms with Crippen LogP contribution in [0.4, 0.5) is 10.7 Å². The van der Waals surface area contributed by atoms with Crippen LogP contribution in [0.5, 0.6) is 0 Å². The average Bonchev–Trinajstić information content (AvgIpc) is 3.46. The van der Waals surface area contributed by atoms with Gasteiger partial charge >= 0.3 is 6.09 Å². The molecule has 0 spiro atoms. The zero-order valence-electron chi connectivity index (χ0n) is 21.2. The lowest BCUT2D eigenvalue weighted by Crippen LogP contribution is -2.29. The highest BCUT2D eigenvalue weighted by Crippen LogP contribution is 2.44. The number of anilines is 1. The van der Waals surface area contributed by atoms with E-state index in [2.05, 4.69) is 39.9 Å². The molecule has 10 nitrogen and oxygen atoms in total. The maximum atomic E-state index is 12.4. The lowest BCUT2D eigenvalue weighted by atomic mass is 9.98. The zero-order valence-corrected chi connectivity index (χ0v) is 21.2. The number of aromatic nitrogens is 2. The number of fused-ring (bicyclic) bond motifs is 3. The number of benzene rings is 2. The second-order valence-corrected chi connectivity index (χ2v) is 9.61. The van der Waals surface area contributed by atoms with Crippen molar-refractivity contribution >= 4 is 12.0 Å². The van der Waals surface area contributed by atoms with Crippen LogP contribution in [0.3, 0.4) is 0 Å². The molecular formula is C28H32N4O6. The first-order valence-electron chi connectivity index (χ1n) is 12.8. The maximum absolute atomic E-state index is 12.4. The Bertz CT molecular complexity index is 1310. The summed E-state index contributed by atoms with van der Waals surface area (Å²) in [6, 6.07) is 16.4. The fourth-order valence-electron chi connectivity index (χ4n) is 5.10. The van der Waals surface area contributed by atoms with Crippen molar-refractivity contribution in [2.75, 3.05) is 31.6 Å². The summed E-state index contributed by atoms with van der Waals surface area (Å²) in [5.74, 6) is 0.304. The number of nitrogens with zero attached hydrogens (tertiary/aromatic N) is 2. The van der Waals surface area contributed by atoms with Crippen LogP contribution in [-0.4, -0.2) is 64.4 Å². The van der Waals surface area contributed by atoms with Crippen LogP contribution in [0.25, 0.3) is 11.1 Å². The van der Waals surface area contributed by atoms with Crippen molar-refractivity contribution in [3.63, 3.8) is 0 Å². The van der Waals surface area contributed by atoms with Gasteiger partial charge < -0.3 is 30.3 Å². The van der Waals surface area contributed by atoms with Crippen molar-refractivity contribution in [1.82, 2.24) is 14.9 Å². The van der Waals surface area contributed by atoms with Gasteiger partial charge in [-0.05, 0) is 35.6 Å². The average molecular weight is 521 g/mol. The Kier molecular flexibility index (Phi) is 7.73. The summed E-state index contributed by atoms with van der Waals surface area (Å²) in [6.07, 6.45) is -0.0813. The number of aliphatic hydroxyl groups excluding tert-OH is 2. The Morgan fingerprint density at radius 2 is 1.82 bits per heavy atom. The molecule has 1 aromatic heterocycles. The van der Waals surface area contributed by atoms with Crippen LogP contribution in [0.1, 0.15) is 41.7 Å². The number of carbonyl (C=O) groups is 1. The number of amides is 1. The number of ether oxygens (including phenoxy) is 2. The van der Waals surface area contributed by atoms with Crippen LogP contribution in [0.2, 0.25) is 0 Å². The molecule has 1 saturated heterocycles. The van der Waals surface area contributed by atoms with Gasteiger partial charge in [0, 0.05) is 37.2 Å². The van der Waals surface area contributed by atoms with Gasteiger partial charge in [0.2, 0.25) is 5.95 Å². The lowest BCUT2D eigenvalue weighted by molar-refractivity contribution is -0.0441. The monoisotopic (exact) mass is 520 g/mol. The van der Waals surface area contributed by atoms with Gasteiger partial charge in [-0.1, -0.05) is 48.5 Å². The summed E-state index contributed by atoms with van der Waals surface area (Å²) in [4.78, 5) is 28.6. The van der Waals surface area contributed by atoms with E-state index in [4.69, 9.17) is 9.47 Å². The Hall–Kier alpha value is -3.73. The predicted molar refractivity (Wildman–Crippen MR) is 141 cm³/mol. The molecule has 1 amide bonds. The highest BCUT2D eigenvalue weighted by atomic mass is 16.6. The molecule has 0 radical (unpaired) electrons. The molecule has 2 aromatic carbocycles. The van der Waals surface area contributed by atoms with Crippen LogP contribution in [0, 0.1) is 6.92 Å². The molecule has 200 valence electrons. The Morgan fingerprint density at radius 1 is 1.13 bits per heavy atom. The minimum atomic E-state index is -0.806. The fourth-order valence-corrected chi connectivity index (χ4v) is 5.10. The van der Waals surface area contributed by atoms with Crippen molar-refractivity contribution in [3.05, 3.63) is 81.8 Å². The van der Waals surface area contributed by atoms with Crippen molar-refractivity contribution in [2.45, 2.75) is 44.1 Å². The van der Waals surface area contributed by atoms with Gasteiger partial charge in [-0.15, -0.1) is 0 Å². The molecule has 5 rings (SSSR count). The summed E-state index contributed by atoms with van der Waals surface area (Å²) in [5, 5.41) is 25.4. The molecule has 4 N–H and O–H groups in total. The second-order valence-electron chi connectivity index (χ2n) is 9.61. The third kappa shape index (κ3) is 5.28. The standard InChI is InChI=1S/C28H32N4O6/c1-17-14-32(25-13-23(34)24(15-33)38-25)27(31-26(17)35)29-11-6-12-30-28(36)37-16-22-20-9-4-2-7-18(20)19-8-3-5-10-21(19)22/h2-5,7-10,14,22-25,33-34H,6,11-13,15-16H2,1H3,(H,30,36)(H,29,31,35)/t23-,24+,25+/m0/s1. The Labute approximate surface area is 220 Å². The quantitative estimate of drug-likeness (QED) is 0.316. The number of hydrogen-bond acceptors (Lipinski definition) is 8. The highest BCUT2D eigenvalue weighted by Gasteiger charge is 2.35. The number of alkyl carbamates (subject to hydrolysis) is 1. The second kappa shape index (κ2) is 11.3. The number of carbonyl (C=O) groups excluding carboxylic acids is 1. The maximum Gasteiger partial charge on any atom is 0.407 e. The molecule has 2 aliphatic rings. The Balaban J connectivity index is 1.11. The molecular weight excluding hydrogens is 488 g/mol. The smallest absolute Gasteiger partial charge is 0.407 e. The molecule has 1 fully saturated rings. The number of aliphatic hydroxyl groups is 2. The van der Waals surface area contributed by atoms with E-state index in [0.717, 1.165) is 11.1 Å². The first-order valence-corrected chi connectivity index (χ1v) is 12.8. The third-order valence-electron chi connectivity index (χ3n) is 7.07. The van der Waals surface area contributed by atoms with Crippen molar-refractivity contribution in [3.8, 4) is 11.1 Å². The third-order valence-corrected chi connectivity index (χ3v) is 7.07. The van der Waals surface area contributed by atoms with E-state index < -0.39 is 24.5 Å². The van der Waals surface area contributed by atoms with Gasteiger partial charge in [0.25, 0.3) is 5.56 Å². The van der Waals surface area contributed by atoms with Gasteiger partial charge in [0.05, 0.1) is 12.7 Å².